The molecule has 0 spiro atoms. The Kier molecular flexibility index (Phi) is 5.15. The Labute approximate surface area is 198 Å². The molecular weight excluding hydrogens is 416 g/mol. The van der Waals surface area contributed by atoms with E-state index in [-0.39, 0.29) is 0 Å². The lowest BCUT2D eigenvalue weighted by atomic mass is 10.00. The van der Waals surface area contributed by atoms with Crippen LogP contribution in [0.3, 0.4) is 0 Å². The molecule has 0 saturated heterocycles. The molecule has 0 fully saturated rings. The third-order valence-electron chi connectivity index (χ3n) is 6.41. The van der Waals surface area contributed by atoms with E-state index in [0.717, 1.165) is 51.7 Å². The van der Waals surface area contributed by atoms with Crippen LogP contribution in [-0.2, 0) is 12.8 Å². The first-order valence-electron chi connectivity index (χ1n) is 11.6. The van der Waals surface area contributed by atoms with Gasteiger partial charge in [-0.25, -0.2) is 4.98 Å². The van der Waals surface area contributed by atoms with Crippen LogP contribution in [0.5, 0.6) is 0 Å². The monoisotopic (exact) mass is 440 g/mol. The number of pyridine rings is 2. The average molecular weight is 441 g/mol. The van der Waals surface area contributed by atoms with Crippen LogP contribution in [0, 0.1) is 6.92 Å². The second-order valence-corrected chi connectivity index (χ2v) is 8.68. The summed E-state index contributed by atoms with van der Waals surface area (Å²) in [4.78, 5) is 9.65. The fourth-order valence-corrected chi connectivity index (χ4v) is 4.60. The summed E-state index contributed by atoms with van der Waals surface area (Å²) in [6.45, 7) is 2.13. The molecule has 0 N–H and O–H groups in total. The molecule has 0 aliphatic carbocycles. The van der Waals surface area contributed by atoms with Gasteiger partial charge < -0.3 is 4.42 Å². The summed E-state index contributed by atoms with van der Waals surface area (Å²) < 4.78 is 6.33. The van der Waals surface area contributed by atoms with Gasteiger partial charge in [0.05, 0.1) is 5.69 Å². The molecule has 164 valence electrons. The Morgan fingerprint density at radius 2 is 1.50 bits per heavy atom. The molecule has 3 heteroatoms. The van der Waals surface area contributed by atoms with Gasteiger partial charge >= 0.3 is 0 Å². The van der Waals surface area contributed by atoms with Crippen LogP contribution in [-0.4, -0.2) is 9.97 Å². The lowest BCUT2D eigenvalue weighted by Gasteiger charge is -2.08. The quantitative estimate of drug-likeness (QED) is 0.274. The molecule has 3 aromatic carbocycles. The van der Waals surface area contributed by atoms with Crippen molar-refractivity contribution in [2.75, 3.05) is 0 Å². The third kappa shape index (κ3) is 3.75. The summed E-state index contributed by atoms with van der Waals surface area (Å²) in [7, 11) is 0. The van der Waals surface area contributed by atoms with Crippen molar-refractivity contribution in [3.05, 3.63) is 120 Å². The van der Waals surface area contributed by atoms with Crippen molar-refractivity contribution in [3.63, 3.8) is 0 Å². The van der Waals surface area contributed by atoms with E-state index in [1.807, 2.05) is 18.3 Å². The molecule has 0 radical (unpaired) electrons. The standard InChI is InChI=1S/C31H24N2O/c1-21-19-29(32-20-28(21)23-11-6-3-7-12-23)27-14-8-13-25-26-18-17-24(33-31(26)34-30(25)27)16-15-22-9-4-2-5-10-22/h2-14,17-20H,15-16H2,1H3. The van der Waals surface area contributed by atoms with E-state index in [9.17, 15) is 0 Å². The second kappa shape index (κ2) is 8.60. The number of aromatic nitrogens is 2. The van der Waals surface area contributed by atoms with Crippen LogP contribution < -0.4 is 0 Å². The van der Waals surface area contributed by atoms with Crippen LogP contribution in [0.4, 0.5) is 0 Å². The number of furan rings is 1. The van der Waals surface area contributed by atoms with Crippen LogP contribution >= 0.6 is 0 Å². The van der Waals surface area contributed by atoms with Gasteiger partial charge in [0, 0.05) is 33.8 Å². The highest BCUT2D eigenvalue weighted by Crippen LogP contribution is 2.35. The van der Waals surface area contributed by atoms with Crippen LogP contribution in [0.2, 0.25) is 0 Å². The maximum absolute atomic E-state index is 6.33. The van der Waals surface area contributed by atoms with Crippen molar-refractivity contribution < 1.29 is 4.42 Å². The smallest absolute Gasteiger partial charge is 0.227 e. The minimum absolute atomic E-state index is 0.686. The average Bonchev–Trinajstić information content (AvgIpc) is 3.26. The molecule has 0 saturated carbocycles. The molecule has 0 atom stereocenters. The normalized spacial score (nSPS) is 11.3. The van der Waals surface area contributed by atoms with Gasteiger partial charge in [0.2, 0.25) is 5.71 Å². The Hall–Kier alpha value is -4.24. The van der Waals surface area contributed by atoms with Crippen molar-refractivity contribution in [1.82, 2.24) is 9.97 Å². The van der Waals surface area contributed by atoms with E-state index in [1.54, 1.807) is 0 Å². The highest BCUT2D eigenvalue weighted by molar-refractivity contribution is 6.08. The molecule has 0 bridgehead atoms. The highest BCUT2D eigenvalue weighted by Gasteiger charge is 2.15. The van der Waals surface area contributed by atoms with E-state index >= 15 is 0 Å². The van der Waals surface area contributed by atoms with E-state index < -0.39 is 0 Å². The Bertz CT molecular complexity index is 1600. The highest BCUT2D eigenvalue weighted by atomic mass is 16.3. The van der Waals surface area contributed by atoms with Gasteiger partial charge in [0.1, 0.15) is 5.58 Å². The fourth-order valence-electron chi connectivity index (χ4n) is 4.60. The molecule has 3 heterocycles. The molecule has 34 heavy (non-hydrogen) atoms. The lowest BCUT2D eigenvalue weighted by Crippen LogP contribution is -1.93. The SMILES string of the molecule is Cc1cc(-c2cccc3c2oc2nc(CCc4ccccc4)ccc23)ncc1-c1ccccc1. The summed E-state index contributed by atoms with van der Waals surface area (Å²) in [6, 6.07) is 33.5. The zero-order valence-electron chi connectivity index (χ0n) is 19.0. The number of hydrogen-bond acceptors (Lipinski definition) is 3. The summed E-state index contributed by atoms with van der Waals surface area (Å²) in [5, 5.41) is 2.11. The number of hydrogen-bond donors (Lipinski definition) is 0. The molecule has 0 aliphatic rings. The predicted molar refractivity (Wildman–Crippen MR) is 139 cm³/mol. The van der Waals surface area contributed by atoms with Crippen molar-refractivity contribution in [2.45, 2.75) is 19.8 Å². The molecule has 6 aromatic rings. The Morgan fingerprint density at radius 1 is 0.706 bits per heavy atom. The van der Waals surface area contributed by atoms with Crippen LogP contribution in [0.15, 0.2) is 108 Å². The summed E-state index contributed by atoms with van der Waals surface area (Å²) >= 11 is 0. The predicted octanol–water partition coefficient (Wildman–Crippen LogP) is 7.80. The van der Waals surface area contributed by atoms with Gasteiger partial charge in [-0.05, 0) is 60.7 Å². The minimum atomic E-state index is 0.686. The molecule has 0 amide bonds. The molecule has 3 aromatic heterocycles. The minimum Gasteiger partial charge on any atom is -0.437 e. The first kappa shape index (κ1) is 20.4. The molecule has 6 rings (SSSR count). The lowest BCUT2D eigenvalue weighted by molar-refractivity contribution is 0.651. The van der Waals surface area contributed by atoms with Crippen LogP contribution in [0.1, 0.15) is 16.8 Å². The number of aryl methyl sites for hydroxylation is 3. The van der Waals surface area contributed by atoms with Gasteiger partial charge in [-0.15, -0.1) is 0 Å². The van der Waals surface area contributed by atoms with E-state index in [1.165, 1.54) is 16.7 Å². The van der Waals surface area contributed by atoms with Crippen LogP contribution in [0.25, 0.3) is 44.5 Å². The van der Waals surface area contributed by atoms with Crippen molar-refractivity contribution in [2.24, 2.45) is 0 Å². The number of rotatable bonds is 5. The van der Waals surface area contributed by atoms with Gasteiger partial charge in [-0.2, -0.15) is 0 Å². The number of nitrogens with zero attached hydrogens (tertiary/aromatic N) is 2. The Balaban J connectivity index is 1.37. The van der Waals surface area contributed by atoms with Gasteiger partial charge in [0.25, 0.3) is 0 Å². The molecule has 3 nitrogen and oxygen atoms in total. The molecular formula is C31H24N2O. The summed E-state index contributed by atoms with van der Waals surface area (Å²) in [6.07, 6.45) is 3.80. The Morgan fingerprint density at radius 3 is 2.29 bits per heavy atom. The summed E-state index contributed by atoms with van der Waals surface area (Å²) in [5.41, 5.74) is 9.28. The van der Waals surface area contributed by atoms with E-state index in [0.29, 0.717) is 5.71 Å². The van der Waals surface area contributed by atoms with Gasteiger partial charge in [-0.3, -0.25) is 4.98 Å². The maximum Gasteiger partial charge on any atom is 0.227 e. The molecule has 0 unspecified atom stereocenters. The van der Waals surface area contributed by atoms with Crippen molar-refractivity contribution >= 4 is 22.1 Å². The zero-order valence-corrected chi connectivity index (χ0v) is 19.0. The number of fused-ring (bicyclic) bond motifs is 3. The topological polar surface area (TPSA) is 38.9 Å². The van der Waals surface area contributed by atoms with Gasteiger partial charge in [0.15, 0.2) is 0 Å². The summed E-state index contributed by atoms with van der Waals surface area (Å²) in [5.74, 6) is 0. The third-order valence-corrected chi connectivity index (χ3v) is 6.41. The first-order chi connectivity index (χ1) is 16.8. The number of benzene rings is 3. The second-order valence-electron chi connectivity index (χ2n) is 8.68. The first-order valence-corrected chi connectivity index (χ1v) is 11.6. The van der Waals surface area contributed by atoms with Crippen molar-refractivity contribution in [3.8, 4) is 22.4 Å². The van der Waals surface area contributed by atoms with E-state index in [4.69, 9.17) is 14.4 Å². The largest absolute Gasteiger partial charge is 0.437 e. The van der Waals surface area contributed by atoms with Crippen molar-refractivity contribution in [1.29, 1.82) is 0 Å². The van der Waals surface area contributed by atoms with Gasteiger partial charge in [-0.1, -0.05) is 72.8 Å². The number of para-hydroxylation sites is 1. The molecule has 0 aliphatic heterocycles. The zero-order chi connectivity index (χ0) is 22.9. The fraction of sp³-hybridized carbons (Fsp3) is 0.0968. The maximum atomic E-state index is 6.33. The van der Waals surface area contributed by atoms with E-state index in [2.05, 4.69) is 91.9 Å².